The molecule has 12 rings (SSSR count). The summed E-state index contributed by atoms with van der Waals surface area (Å²) in [5.41, 5.74) is 8.82. The molecule has 0 aliphatic rings. The Balaban J connectivity index is 1.28. The molecular formula is C49H29N5O. The molecule has 6 nitrogen and oxygen atoms in total. The standard InChI is InChI=1S/C49H29N5O/c1-3-15-30(16-4-1)47-50-48(44-33-20-8-7-17-31(33)29-42-43(44)38-23-11-14-26-41(38)55-42)52-49(51-47)54-40-25-13-10-22-35(40)37-28-27-36-34-21-9-12-24-39(34)53(45(36)46(37)54)32-18-5-2-6-19-32/h1-29H. The molecular weight excluding hydrogens is 675 g/mol. The highest BCUT2D eigenvalue weighted by molar-refractivity contribution is 6.24. The van der Waals surface area contributed by atoms with E-state index < -0.39 is 0 Å². The van der Waals surface area contributed by atoms with Crippen LogP contribution < -0.4 is 0 Å². The molecule has 0 aliphatic carbocycles. The predicted molar refractivity (Wildman–Crippen MR) is 224 cm³/mol. The van der Waals surface area contributed by atoms with Crippen LogP contribution in [0.1, 0.15) is 0 Å². The van der Waals surface area contributed by atoms with Crippen molar-refractivity contribution in [3.63, 3.8) is 0 Å². The van der Waals surface area contributed by atoms with Crippen LogP contribution >= 0.6 is 0 Å². The lowest BCUT2D eigenvalue weighted by Crippen LogP contribution is -2.07. The Kier molecular flexibility index (Phi) is 6.24. The Morgan fingerprint density at radius 3 is 1.71 bits per heavy atom. The van der Waals surface area contributed by atoms with E-state index in [9.17, 15) is 0 Å². The van der Waals surface area contributed by atoms with Gasteiger partial charge in [0.2, 0.25) is 5.95 Å². The second-order valence-corrected chi connectivity index (χ2v) is 14.0. The summed E-state index contributed by atoms with van der Waals surface area (Å²) in [6, 6.07) is 61.3. The van der Waals surface area contributed by atoms with Gasteiger partial charge in [-0.1, -0.05) is 140 Å². The highest BCUT2D eigenvalue weighted by Crippen LogP contribution is 2.44. The number of hydrogen-bond acceptors (Lipinski definition) is 4. The van der Waals surface area contributed by atoms with Crippen LogP contribution in [0.25, 0.3) is 111 Å². The maximum Gasteiger partial charge on any atom is 0.238 e. The minimum Gasteiger partial charge on any atom is -0.456 e. The zero-order chi connectivity index (χ0) is 36.0. The molecule has 6 heteroatoms. The lowest BCUT2D eigenvalue weighted by atomic mass is 9.98. The SMILES string of the molecule is c1ccc(-c2nc(-c3c4ccccc4cc4oc5ccccc5c34)nc(-n3c4ccccc4c4ccc5c6ccccc6n(-c6ccccc6)c5c43)n2)cc1. The van der Waals surface area contributed by atoms with Gasteiger partial charge >= 0.3 is 0 Å². The highest BCUT2D eigenvalue weighted by Gasteiger charge is 2.25. The molecule has 0 bridgehead atoms. The van der Waals surface area contributed by atoms with Crippen LogP contribution in [0.3, 0.4) is 0 Å². The largest absolute Gasteiger partial charge is 0.456 e. The maximum absolute atomic E-state index is 6.51. The molecule has 0 saturated heterocycles. The van der Waals surface area contributed by atoms with Crippen molar-refractivity contribution >= 4 is 76.3 Å². The first-order valence-corrected chi connectivity index (χ1v) is 18.5. The topological polar surface area (TPSA) is 61.7 Å². The first kappa shape index (κ1) is 29.9. The number of benzene rings is 8. The molecule has 0 spiro atoms. The number of fused-ring (bicyclic) bond motifs is 11. The molecule has 0 N–H and O–H groups in total. The molecule has 12 aromatic rings. The smallest absolute Gasteiger partial charge is 0.238 e. The van der Waals surface area contributed by atoms with Gasteiger partial charge in [0.05, 0.1) is 22.1 Å². The number of para-hydroxylation sites is 4. The summed E-state index contributed by atoms with van der Waals surface area (Å²) in [6.45, 7) is 0. The zero-order valence-corrected chi connectivity index (χ0v) is 29.4. The van der Waals surface area contributed by atoms with Crippen molar-refractivity contribution in [2.45, 2.75) is 0 Å². The summed E-state index contributed by atoms with van der Waals surface area (Å²) in [7, 11) is 0. The van der Waals surface area contributed by atoms with Gasteiger partial charge in [-0.15, -0.1) is 0 Å². The molecule has 4 heterocycles. The quantitative estimate of drug-likeness (QED) is 0.183. The molecule has 0 unspecified atom stereocenters. The molecule has 0 aliphatic heterocycles. The van der Waals surface area contributed by atoms with Crippen LogP contribution in [0.5, 0.6) is 0 Å². The minimum absolute atomic E-state index is 0.543. The van der Waals surface area contributed by atoms with Gasteiger partial charge in [-0.25, -0.2) is 4.98 Å². The van der Waals surface area contributed by atoms with Crippen LogP contribution in [0.15, 0.2) is 180 Å². The van der Waals surface area contributed by atoms with E-state index in [-0.39, 0.29) is 0 Å². The van der Waals surface area contributed by atoms with Crippen molar-refractivity contribution in [1.29, 1.82) is 0 Å². The fraction of sp³-hybridized carbons (Fsp3) is 0. The van der Waals surface area contributed by atoms with Crippen LogP contribution in [-0.4, -0.2) is 24.1 Å². The molecule has 4 aromatic heterocycles. The molecule has 0 fully saturated rings. The van der Waals surface area contributed by atoms with Crippen molar-refractivity contribution in [3.8, 4) is 34.4 Å². The molecule has 55 heavy (non-hydrogen) atoms. The normalized spacial score (nSPS) is 12.0. The summed E-state index contributed by atoms with van der Waals surface area (Å²) in [5.74, 6) is 1.72. The fourth-order valence-electron chi connectivity index (χ4n) is 8.63. The molecule has 0 atom stereocenters. The number of aromatic nitrogens is 5. The Hall–Kier alpha value is -7.57. The fourth-order valence-corrected chi connectivity index (χ4v) is 8.63. The average Bonchev–Trinajstić information content (AvgIpc) is 3.91. The number of rotatable bonds is 4. The second kappa shape index (κ2) is 11.5. The lowest BCUT2D eigenvalue weighted by Gasteiger charge is -2.14. The van der Waals surface area contributed by atoms with E-state index in [4.69, 9.17) is 19.4 Å². The number of furan rings is 1. The van der Waals surface area contributed by atoms with Gasteiger partial charge in [-0.2, -0.15) is 9.97 Å². The summed E-state index contributed by atoms with van der Waals surface area (Å²) < 4.78 is 11.1. The van der Waals surface area contributed by atoms with Gasteiger partial charge in [-0.3, -0.25) is 4.57 Å². The average molecular weight is 704 g/mol. The second-order valence-electron chi connectivity index (χ2n) is 14.0. The minimum atomic E-state index is 0.543. The first-order valence-electron chi connectivity index (χ1n) is 18.5. The Labute approximate surface area is 314 Å². The van der Waals surface area contributed by atoms with Crippen molar-refractivity contribution in [2.75, 3.05) is 0 Å². The predicted octanol–water partition coefficient (Wildman–Crippen LogP) is 12.5. The van der Waals surface area contributed by atoms with Crippen LogP contribution in [0.4, 0.5) is 0 Å². The van der Waals surface area contributed by atoms with E-state index in [0.717, 1.165) is 87.8 Å². The van der Waals surface area contributed by atoms with Crippen LogP contribution in [0.2, 0.25) is 0 Å². The number of hydrogen-bond donors (Lipinski definition) is 0. The Bertz CT molecular complexity index is 3490. The van der Waals surface area contributed by atoms with Crippen molar-refractivity contribution in [3.05, 3.63) is 176 Å². The third kappa shape index (κ3) is 4.33. The molecule has 0 saturated carbocycles. The van der Waals surface area contributed by atoms with Gasteiger partial charge in [-0.05, 0) is 47.2 Å². The first-order chi connectivity index (χ1) is 27.3. The highest BCUT2D eigenvalue weighted by atomic mass is 16.3. The van der Waals surface area contributed by atoms with Crippen LogP contribution in [0, 0.1) is 0 Å². The zero-order valence-electron chi connectivity index (χ0n) is 29.4. The number of nitrogens with zero attached hydrogens (tertiary/aromatic N) is 5. The van der Waals surface area contributed by atoms with E-state index in [1.807, 2.05) is 30.3 Å². The van der Waals surface area contributed by atoms with Gasteiger partial charge in [0.1, 0.15) is 11.2 Å². The Morgan fingerprint density at radius 2 is 0.964 bits per heavy atom. The van der Waals surface area contributed by atoms with E-state index in [1.54, 1.807) is 0 Å². The summed E-state index contributed by atoms with van der Waals surface area (Å²) >= 11 is 0. The lowest BCUT2D eigenvalue weighted by molar-refractivity contribution is 0.669. The van der Waals surface area contributed by atoms with Gasteiger partial charge in [0.15, 0.2) is 11.6 Å². The Morgan fingerprint density at radius 1 is 0.400 bits per heavy atom. The molecule has 0 amide bonds. The monoisotopic (exact) mass is 703 g/mol. The van der Waals surface area contributed by atoms with Crippen LogP contribution in [-0.2, 0) is 0 Å². The van der Waals surface area contributed by atoms with E-state index in [0.29, 0.717) is 17.6 Å². The summed E-state index contributed by atoms with van der Waals surface area (Å²) in [6.07, 6.45) is 0. The molecule has 256 valence electrons. The summed E-state index contributed by atoms with van der Waals surface area (Å²) in [5, 5.41) is 8.71. The van der Waals surface area contributed by atoms with Crippen molar-refractivity contribution in [2.24, 2.45) is 0 Å². The van der Waals surface area contributed by atoms with E-state index in [1.165, 1.54) is 5.39 Å². The van der Waals surface area contributed by atoms with Crippen molar-refractivity contribution < 1.29 is 4.42 Å². The van der Waals surface area contributed by atoms with E-state index in [2.05, 4.69) is 155 Å². The van der Waals surface area contributed by atoms with Gasteiger partial charge in [0, 0.05) is 49.1 Å². The van der Waals surface area contributed by atoms with Gasteiger partial charge < -0.3 is 8.98 Å². The molecule has 0 radical (unpaired) electrons. The third-order valence-electron chi connectivity index (χ3n) is 11.0. The molecule has 8 aromatic carbocycles. The van der Waals surface area contributed by atoms with Crippen molar-refractivity contribution in [1.82, 2.24) is 24.1 Å². The maximum atomic E-state index is 6.51. The van der Waals surface area contributed by atoms with E-state index >= 15 is 0 Å². The summed E-state index contributed by atoms with van der Waals surface area (Å²) in [4.78, 5) is 16.2. The third-order valence-corrected chi connectivity index (χ3v) is 11.0. The van der Waals surface area contributed by atoms with Gasteiger partial charge in [0.25, 0.3) is 0 Å².